The van der Waals surface area contributed by atoms with E-state index in [0.29, 0.717) is 13.2 Å². The summed E-state index contributed by atoms with van der Waals surface area (Å²) in [6.07, 6.45) is 0.704. The Bertz CT molecular complexity index is 234. The van der Waals surface area contributed by atoms with Crippen LogP contribution in [0.15, 0.2) is 0 Å². The monoisotopic (exact) mass is 201 g/mol. The van der Waals surface area contributed by atoms with E-state index >= 15 is 0 Å². The summed E-state index contributed by atoms with van der Waals surface area (Å²) in [4.78, 5) is 12.8. The summed E-state index contributed by atoms with van der Waals surface area (Å²) >= 11 is 0. The lowest BCUT2D eigenvalue weighted by Gasteiger charge is -2.47. The second-order valence-electron chi connectivity index (χ2n) is 4.98. The maximum Gasteiger partial charge on any atom is 0.323 e. The molecule has 1 fully saturated rings. The Morgan fingerprint density at radius 1 is 1.57 bits per heavy atom. The third-order valence-corrected chi connectivity index (χ3v) is 2.68. The van der Waals surface area contributed by atoms with Gasteiger partial charge in [-0.1, -0.05) is 0 Å². The van der Waals surface area contributed by atoms with Crippen molar-refractivity contribution in [3.05, 3.63) is 0 Å². The molecule has 0 spiro atoms. The van der Waals surface area contributed by atoms with Crippen LogP contribution in [0.25, 0.3) is 0 Å². The van der Waals surface area contributed by atoms with E-state index < -0.39 is 11.5 Å². The van der Waals surface area contributed by atoms with E-state index in [0.717, 1.165) is 6.54 Å². The molecule has 1 N–H and O–H groups in total. The molecule has 0 aromatic heterocycles. The summed E-state index contributed by atoms with van der Waals surface area (Å²) in [5.41, 5.74) is -0.930. The molecular formula is C10H19NO3. The molecular weight excluding hydrogens is 182 g/mol. The highest BCUT2D eigenvalue weighted by Crippen LogP contribution is 2.30. The van der Waals surface area contributed by atoms with Crippen molar-refractivity contribution in [2.24, 2.45) is 0 Å². The standard InChI is InChI=1S/C10H19NO3/c1-9(2,3)14-7-11-6-5-10(11,4)8(12)13/h5-7H2,1-4H3,(H,12,13). The van der Waals surface area contributed by atoms with Crippen molar-refractivity contribution >= 4 is 5.97 Å². The molecule has 1 saturated heterocycles. The van der Waals surface area contributed by atoms with Gasteiger partial charge in [-0.05, 0) is 34.1 Å². The summed E-state index contributed by atoms with van der Waals surface area (Å²) < 4.78 is 5.54. The molecule has 14 heavy (non-hydrogen) atoms. The van der Waals surface area contributed by atoms with Crippen molar-refractivity contribution in [1.82, 2.24) is 4.90 Å². The minimum Gasteiger partial charge on any atom is -0.480 e. The first-order chi connectivity index (χ1) is 6.26. The van der Waals surface area contributed by atoms with Crippen molar-refractivity contribution < 1.29 is 14.6 Å². The van der Waals surface area contributed by atoms with Crippen LogP contribution in [0.1, 0.15) is 34.1 Å². The van der Waals surface area contributed by atoms with Gasteiger partial charge in [0.2, 0.25) is 0 Å². The van der Waals surface area contributed by atoms with Crippen LogP contribution in [-0.4, -0.2) is 40.4 Å². The second kappa shape index (κ2) is 3.51. The normalized spacial score (nSPS) is 28.6. The number of carbonyl (C=O) groups is 1. The van der Waals surface area contributed by atoms with E-state index in [1.165, 1.54) is 0 Å². The summed E-state index contributed by atoms with van der Waals surface area (Å²) in [5, 5.41) is 9.00. The number of rotatable bonds is 3. The number of ether oxygens (including phenoxy) is 1. The summed E-state index contributed by atoms with van der Waals surface area (Å²) in [6, 6.07) is 0. The topological polar surface area (TPSA) is 49.8 Å². The van der Waals surface area contributed by atoms with Crippen LogP contribution in [0.3, 0.4) is 0 Å². The van der Waals surface area contributed by atoms with Crippen molar-refractivity contribution in [1.29, 1.82) is 0 Å². The molecule has 1 atom stereocenters. The molecule has 0 saturated carbocycles. The van der Waals surface area contributed by atoms with Gasteiger partial charge in [-0.2, -0.15) is 0 Å². The van der Waals surface area contributed by atoms with Crippen molar-refractivity contribution in [3.63, 3.8) is 0 Å². The van der Waals surface area contributed by atoms with Crippen LogP contribution in [0.4, 0.5) is 0 Å². The summed E-state index contributed by atoms with van der Waals surface area (Å²) in [7, 11) is 0. The highest BCUT2D eigenvalue weighted by atomic mass is 16.5. The Kier molecular flexibility index (Phi) is 2.88. The van der Waals surface area contributed by atoms with E-state index in [1.807, 2.05) is 25.7 Å². The number of likely N-dealkylation sites (tertiary alicyclic amines) is 1. The lowest BCUT2D eigenvalue weighted by atomic mass is 9.87. The molecule has 0 bridgehead atoms. The minimum absolute atomic E-state index is 0.213. The maximum atomic E-state index is 10.9. The Morgan fingerprint density at radius 3 is 2.43 bits per heavy atom. The van der Waals surface area contributed by atoms with E-state index in [2.05, 4.69) is 0 Å². The molecule has 0 aromatic carbocycles. The van der Waals surface area contributed by atoms with Gasteiger partial charge in [-0.3, -0.25) is 9.69 Å². The highest BCUT2D eigenvalue weighted by Gasteiger charge is 2.47. The number of carboxylic acid groups (broad SMARTS) is 1. The zero-order chi connectivity index (χ0) is 11.0. The average molecular weight is 201 g/mol. The van der Waals surface area contributed by atoms with Gasteiger partial charge in [-0.15, -0.1) is 0 Å². The van der Waals surface area contributed by atoms with Crippen molar-refractivity contribution in [2.45, 2.75) is 45.3 Å². The summed E-state index contributed by atoms with van der Waals surface area (Å²) in [5.74, 6) is -0.763. The highest BCUT2D eigenvalue weighted by molar-refractivity contribution is 5.79. The Morgan fingerprint density at radius 2 is 2.14 bits per heavy atom. The number of nitrogens with zero attached hydrogens (tertiary/aromatic N) is 1. The third-order valence-electron chi connectivity index (χ3n) is 2.68. The first-order valence-corrected chi connectivity index (χ1v) is 4.88. The molecule has 82 valence electrons. The predicted molar refractivity (Wildman–Crippen MR) is 53.1 cm³/mol. The molecule has 0 aliphatic carbocycles. The Balaban J connectivity index is 2.44. The lowest BCUT2D eigenvalue weighted by molar-refractivity contribution is -0.176. The minimum atomic E-state index is -0.763. The number of hydrogen-bond donors (Lipinski definition) is 1. The number of hydrogen-bond acceptors (Lipinski definition) is 3. The molecule has 4 heteroatoms. The summed E-state index contributed by atoms with van der Waals surface area (Å²) in [6.45, 7) is 8.83. The fourth-order valence-corrected chi connectivity index (χ4v) is 1.33. The number of carboxylic acids is 1. The molecule has 1 aliphatic rings. The fourth-order valence-electron chi connectivity index (χ4n) is 1.33. The van der Waals surface area contributed by atoms with Crippen molar-refractivity contribution in [3.8, 4) is 0 Å². The number of aliphatic carboxylic acids is 1. The zero-order valence-corrected chi connectivity index (χ0v) is 9.33. The molecule has 0 amide bonds. The maximum absolute atomic E-state index is 10.9. The van der Waals surface area contributed by atoms with Crippen LogP contribution in [-0.2, 0) is 9.53 Å². The van der Waals surface area contributed by atoms with Gasteiger partial charge in [0.1, 0.15) is 12.3 Å². The van der Waals surface area contributed by atoms with Crippen LogP contribution < -0.4 is 0 Å². The second-order valence-corrected chi connectivity index (χ2v) is 4.98. The van der Waals surface area contributed by atoms with Gasteiger partial charge in [0.25, 0.3) is 0 Å². The quantitative estimate of drug-likeness (QED) is 0.748. The van der Waals surface area contributed by atoms with Gasteiger partial charge < -0.3 is 9.84 Å². The molecule has 1 unspecified atom stereocenters. The van der Waals surface area contributed by atoms with Crippen molar-refractivity contribution in [2.75, 3.05) is 13.3 Å². The van der Waals surface area contributed by atoms with Gasteiger partial charge in [0.05, 0.1) is 5.60 Å². The van der Waals surface area contributed by atoms with Gasteiger partial charge in [0.15, 0.2) is 0 Å². The third kappa shape index (κ3) is 2.25. The van der Waals surface area contributed by atoms with Gasteiger partial charge in [-0.25, -0.2) is 0 Å². The van der Waals surface area contributed by atoms with E-state index in [1.54, 1.807) is 6.92 Å². The largest absolute Gasteiger partial charge is 0.480 e. The smallest absolute Gasteiger partial charge is 0.323 e. The van der Waals surface area contributed by atoms with Crippen LogP contribution in [0, 0.1) is 0 Å². The van der Waals surface area contributed by atoms with Gasteiger partial charge in [0, 0.05) is 6.54 Å². The molecule has 1 aliphatic heterocycles. The molecule has 1 rings (SSSR count). The Labute approximate surface area is 84.8 Å². The Hall–Kier alpha value is -0.610. The molecule has 0 aromatic rings. The zero-order valence-electron chi connectivity index (χ0n) is 9.33. The van der Waals surface area contributed by atoms with Crippen LogP contribution in [0.2, 0.25) is 0 Å². The predicted octanol–water partition coefficient (Wildman–Crippen LogP) is 1.31. The SMILES string of the molecule is CC(C)(C)OCN1CCC1(C)C(=O)O. The lowest BCUT2D eigenvalue weighted by Crippen LogP contribution is -2.63. The van der Waals surface area contributed by atoms with E-state index in [-0.39, 0.29) is 5.60 Å². The average Bonchev–Trinajstić information content (AvgIpc) is 1.98. The first kappa shape index (κ1) is 11.5. The fraction of sp³-hybridized carbons (Fsp3) is 0.900. The van der Waals surface area contributed by atoms with Gasteiger partial charge >= 0.3 is 5.97 Å². The first-order valence-electron chi connectivity index (χ1n) is 4.88. The molecule has 0 radical (unpaired) electrons. The molecule has 1 heterocycles. The van der Waals surface area contributed by atoms with E-state index in [9.17, 15) is 4.79 Å². The van der Waals surface area contributed by atoms with Crippen LogP contribution >= 0.6 is 0 Å². The molecule has 4 nitrogen and oxygen atoms in total. The van der Waals surface area contributed by atoms with E-state index in [4.69, 9.17) is 9.84 Å². The van der Waals surface area contributed by atoms with Crippen LogP contribution in [0.5, 0.6) is 0 Å².